The first-order chi connectivity index (χ1) is 7.33. The van der Waals surface area contributed by atoms with Crippen molar-refractivity contribution in [1.82, 2.24) is 10.2 Å². The minimum absolute atomic E-state index is 0.179. The molecule has 2 aliphatic heterocycles. The van der Waals surface area contributed by atoms with Gasteiger partial charge in [0.05, 0.1) is 31.8 Å². The number of nitrogens with zero attached hydrogens (tertiary/aromatic N) is 1. The molecule has 1 N–H and O–H groups in total. The lowest BCUT2D eigenvalue weighted by molar-refractivity contribution is -0.143. The summed E-state index contributed by atoms with van der Waals surface area (Å²) in [6.07, 6.45) is 0.657. The van der Waals surface area contributed by atoms with Gasteiger partial charge in [0.25, 0.3) is 0 Å². The fraction of sp³-hybridized carbons (Fsp3) is 0.900. The summed E-state index contributed by atoms with van der Waals surface area (Å²) in [5.74, 6) is 0.179. The third-order valence-electron chi connectivity index (χ3n) is 3.03. The predicted molar refractivity (Wildman–Crippen MR) is 54.6 cm³/mol. The first kappa shape index (κ1) is 10.9. The van der Waals surface area contributed by atoms with Crippen LogP contribution in [0.4, 0.5) is 0 Å². The van der Waals surface area contributed by atoms with Crippen molar-refractivity contribution in [3.8, 4) is 0 Å². The lowest BCUT2D eigenvalue weighted by Crippen LogP contribution is -2.53. The van der Waals surface area contributed by atoms with Crippen molar-refractivity contribution in [1.29, 1.82) is 0 Å². The van der Waals surface area contributed by atoms with E-state index in [4.69, 9.17) is 9.47 Å². The summed E-state index contributed by atoms with van der Waals surface area (Å²) in [6.45, 7) is 3.58. The minimum atomic E-state index is 0.179. The van der Waals surface area contributed by atoms with Crippen molar-refractivity contribution in [2.45, 2.75) is 18.6 Å². The van der Waals surface area contributed by atoms with Crippen LogP contribution >= 0.6 is 0 Å². The van der Waals surface area contributed by atoms with Gasteiger partial charge in [-0.3, -0.25) is 4.79 Å². The third kappa shape index (κ3) is 2.30. The molecule has 0 aromatic heterocycles. The summed E-state index contributed by atoms with van der Waals surface area (Å²) >= 11 is 0. The number of morpholine rings is 1. The maximum atomic E-state index is 11.9. The van der Waals surface area contributed by atoms with Crippen molar-refractivity contribution < 1.29 is 14.3 Å². The molecular weight excluding hydrogens is 196 g/mol. The Morgan fingerprint density at radius 3 is 3.27 bits per heavy atom. The maximum Gasteiger partial charge on any atom is 0.225 e. The molecule has 86 valence electrons. The summed E-state index contributed by atoms with van der Waals surface area (Å²) in [7, 11) is 1.62. The highest BCUT2D eigenvalue weighted by molar-refractivity contribution is 5.77. The van der Waals surface area contributed by atoms with E-state index >= 15 is 0 Å². The Labute approximate surface area is 89.7 Å². The van der Waals surface area contributed by atoms with Crippen LogP contribution in [0.1, 0.15) is 6.42 Å². The van der Waals surface area contributed by atoms with Crippen LogP contribution < -0.4 is 5.32 Å². The van der Waals surface area contributed by atoms with Gasteiger partial charge in [-0.2, -0.15) is 0 Å². The van der Waals surface area contributed by atoms with Crippen LogP contribution in [0.3, 0.4) is 0 Å². The Bertz CT molecular complexity index is 235. The molecule has 0 bridgehead atoms. The Hall–Kier alpha value is -0.650. The number of ether oxygens (including phenoxy) is 2. The van der Waals surface area contributed by atoms with Crippen LogP contribution in [0.25, 0.3) is 0 Å². The molecule has 0 aromatic carbocycles. The van der Waals surface area contributed by atoms with Crippen LogP contribution in [0.5, 0.6) is 0 Å². The van der Waals surface area contributed by atoms with Crippen LogP contribution in [-0.4, -0.2) is 62.9 Å². The lowest BCUT2D eigenvalue weighted by atomic mass is 10.1. The predicted octanol–water partition coefficient (Wildman–Crippen LogP) is -0.778. The summed E-state index contributed by atoms with van der Waals surface area (Å²) < 4.78 is 10.5. The van der Waals surface area contributed by atoms with Gasteiger partial charge in [-0.25, -0.2) is 0 Å². The van der Waals surface area contributed by atoms with E-state index in [0.29, 0.717) is 26.2 Å². The summed E-state index contributed by atoms with van der Waals surface area (Å²) in [4.78, 5) is 13.8. The smallest absolute Gasteiger partial charge is 0.225 e. The van der Waals surface area contributed by atoms with E-state index in [9.17, 15) is 4.79 Å². The van der Waals surface area contributed by atoms with Crippen molar-refractivity contribution in [2.24, 2.45) is 0 Å². The fourth-order valence-corrected chi connectivity index (χ4v) is 2.23. The van der Waals surface area contributed by atoms with Gasteiger partial charge in [-0.05, 0) is 0 Å². The molecule has 2 heterocycles. The van der Waals surface area contributed by atoms with Crippen molar-refractivity contribution in [3.05, 3.63) is 0 Å². The van der Waals surface area contributed by atoms with Crippen LogP contribution in [-0.2, 0) is 14.3 Å². The molecule has 1 amide bonds. The number of amides is 1. The first-order valence-electron chi connectivity index (χ1n) is 5.43. The van der Waals surface area contributed by atoms with Gasteiger partial charge in [0.1, 0.15) is 0 Å². The zero-order valence-electron chi connectivity index (χ0n) is 9.07. The molecule has 5 nitrogen and oxygen atoms in total. The summed E-state index contributed by atoms with van der Waals surface area (Å²) in [6, 6.07) is 0.225. The fourth-order valence-electron chi connectivity index (χ4n) is 2.23. The van der Waals surface area contributed by atoms with E-state index in [-0.39, 0.29) is 18.1 Å². The molecule has 2 fully saturated rings. The van der Waals surface area contributed by atoms with E-state index in [2.05, 4.69) is 5.32 Å². The topological polar surface area (TPSA) is 50.8 Å². The average molecular weight is 214 g/mol. The monoisotopic (exact) mass is 214 g/mol. The molecule has 0 aromatic rings. The second-order valence-corrected chi connectivity index (χ2v) is 3.96. The Kier molecular flexibility index (Phi) is 3.56. The lowest BCUT2D eigenvalue weighted by Gasteiger charge is -2.37. The molecule has 0 aliphatic carbocycles. The van der Waals surface area contributed by atoms with E-state index in [0.717, 1.165) is 13.1 Å². The SMILES string of the molecule is COCCC(=O)N1CCO[C@@H]2CNC[C@@H]21. The van der Waals surface area contributed by atoms with Gasteiger partial charge in [0, 0.05) is 26.7 Å². The van der Waals surface area contributed by atoms with E-state index in [1.165, 1.54) is 0 Å². The highest BCUT2D eigenvalue weighted by Crippen LogP contribution is 2.18. The number of carbonyl (C=O) groups excluding carboxylic acids is 1. The average Bonchev–Trinajstić information content (AvgIpc) is 2.73. The van der Waals surface area contributed by atoms with Gasteiger partial charge in [-0.15, -0.1) is 0 Å². The Morgan fingerprint density at radius 2 is 2.47 bits per heavy atom. The quantitative estimate of drug-likeness (QED) is 0.670. The van der Waals surface area contributed by atoms with Gasteiger partial charge >= 0.3 is 0 Å². The van der Waals surface area contributed by atoms with Crippen LogP contribution in [0.2, 0.25) is 0 Å². The standard InChI is InChI=1S/C10H18N2O3/c1-14-4-2-10(13)12-3-5-15-9-7-11-6-8(9)12/h8-9,11H,2-7H2,1H3/t8-,9+/m0/s1. The zero-order valence-corrected chi connectivity index (χ0v) is 9.07. The third-order valence-corrected chi connectivity index (χ3v) is 3.03. The number of rotatable bonds is 3. The summed E-state index contributed by atoms with van der Waals surface area (Å²) in [5, 5.41) is 3.26. The van der Waals surface area contributed by atoms with Crippen molar-refractivity contribution in [2.75, 3.05) is 40.0 Å². The zero-order chi connectivity index (χ0) is 10.7. The summed E-state index contributed by atoms with van der Waals surface area (Å²) in [5.41, 5.74) is 0. The Morgan fingerprint density at radius 1 is 1.60 bits per heavy atom. The van der Waals surface area contributed by atoms with Crippen molar-refractivity contribution in [3.63, 3.8) is 0 Å². The number of methoxy groups -OCH3 is 1. The van der Waals surface area contributed by atoms with E-state index in [1.54, 1.807) is 7.11 Å². The molecule has 0 saturated carbocycles. The molecule has 0 spiro atoms. The molecule has 15 heavy (non-hydrogen) atoms. The number of nitrogens with one attached hydrogen (secondary N) is 1. The van der Waals surface area contributed by atoms with E-state index in [1.807, 2.05) is 4.90 Å². The van der Waals surface area contributed by atoms with Gasteiger partial charge in [0.2, 0.25) is 5.91 Å². The van der Waals surface area contributed by atoms with Gasteiger partial charge in [-0.1, -0.05) is 0 Å². The highest BCUT2D eigenvalue weighted by Gasteiger charge is 2.37. The van der Waals surface area contributed by atoms with Crippen molar-refractivity contribution >= 4 is 5.91 Å². The molecule has 2 atom stereocenters. The molecule has 5 heteroatoms. The molecule has 0 unspecified atom stereocenters. The Balaban J connectivity index is 1.92. The molecular formula is C10H18N2O3. The first-order valence-corrected chi connectivity index (χ1v) is 5.43. The number of hydrogen-bond donors (Lipinski definition) is 1. The minimum Gasteiger partial charge on any atom is -0.384 e. The second kappa shape index (κ2) is 4.92. The molecule has 0 radical (unpaired) electrons. The number of carbonyl (C=O) groups is 1. The number of hydrogen-bond acceptors (Lipinski definition) is 4. The normalized spacial score (nSPS) is 30.3. The second-order valence-electron chi connectivity index (χ2n) is 3.96. The van der Waals surface area contributed by atoms with Gasteiger partial charge in [0.15, 0.2) is 0 Å². The molecule has 2 rings (SSSR count). The van der Waals surface area contributed by atoms with Crippen LogP contribution in [0.15, 0.2) is 0 Å². The highest BCUT2D eigenvalue weighted by atomic mass is 16.5. The van der Waals surface area contributed by atoms with Gasteiger partial charge < -0.3 is 19.7 Å². The van der Waals surface area contributed by atoms with Crippen LogP contribution in [0, 0.1) is 0 Å². The largest absolute Gasteiger partial charge is 0.384 e. The molecule has 2 aliphatic rings. The number of fused-ring (bicyclic) bond motifs is 1. The maximum absolute atomic E-state index is 11.9. The molecule has 2 saturated heterocycles. The van der Waals surface area contributed by atoms with E-state index < -0.39 is 0 Å².